The molecule has 1 heterocycles. The zero-order valence-corrected chi connectivity index (χ0v) is 12.5. The summed E-state index contributed by atoms with van der Waals surface area (Å²) in [4.78, 5) is 14.1. The fourth-order valence-electron chi connectivity index (χ4n) is 2.42. The van der Waals surface area contributed by atoms with Crippen molar-refractivity contribution in [3.8, 4) is 0 Å². The standard InChI is InChI=1S/C14H28N2O3/c1-4-7-15-13(14(17)18-3)6-8-16-9-10-19-11-12(16)5-2/h12-13,15H,4-11H2,1-3H3. The van der Waals surface area contributed by atoms with E-state index in [-0.39, 0.29) is 12.0 Å². The van der Waals surface area contributed by atoms with Crippen LogP contribution < -0.4 is 5.32 Å². The molecule has 0 aromatic rings. The van der Waals surface area contributed by atoms with Gasteiger partial charge in [-0.2, -0.15) is 0 Å². The summed E-state index contributed by atoms with van der Waals surface area (Å²) >= 11 is 0. The van der Waals surface area contributed by atoms with E-state index in [0.29, 0.717) is 6.04 Å². The third-order valence-electron chi connectivity index (χ3n) is 3.65. The van der Waals surface area contributed by atoms with Crippen LogP contribution in [-0.2, 0) is 14.3 Å². The van der Waals surface area contributed by atoms with Crippen LogP contribution in [-0.4, -0.2) is 62.9 Å². The van der Waals surface area contributed by atoms with Gasteiger partial charge in [-0.15, -0.1) is 0 Å². The van der Waals surface area contributed by atoms with Gasteiger partial charge in [0, 0.05) is 19.1 Å². The number of esters is 1. The summed E-state index contributed by atoms with van der Waals surface area (Å²) in [6, 6.07) is 0.295. The van der Waals surface area contributed by atoms with Crippen molar-refractivity contribution in [1.29, 1.82) is 0 Å². The summed E-state index contributed by atoms with van der Waals surface area (Å²) in [5.41, 5.74) is 0. The molecule has 19 heavy (non-hydrogen) atoms. The molecule has 0 aliphatic carbocycles. The fourth-order valence-corrected chi connectivity index (χ4v) is 2.42. The Morgan fingerprint density at radius 3 is 2.95 bits per heavy atom. The molecule has 0 amide bonds. The van der Waals surface area contributed by atoms with Crippen molar-refractivity contribution in [2.75, 3.05) is 40.0 Å². The number of carbonyl (C=O) groups excluding carboxylic acids is 1. The maximum Gasteiger partial charge on any atom is 0.322 e. The number of methoxy groups -OCH3 is 1. The molecule has 1 aliphatic rings. The van der Waals surface area contributed by atoms with Crippen LogP contribution in [0.15, 0.2) is 0 Å². The van der Waals surface area contributed by atoms with Crippen LogP contribution in [0.25, 0.3) is 0 Å². The predicted molar refractivity (Wildman–Crippen MR) is 75.2 cm³/mol. The monoisotopic (exact) mass is 272 g/mol. The normalized spacial score (nSPS) is 22.2. The summed E-state index contributed by atoms with van der Waals surface area (Å²) in [7, 11) is 1.45. The van der Waals surface area contributed by atoms with E-state index < -0.39 is 0 Å². The second-order valence-electron chi connectivity index (χ2n) is 4.99. The maximum atomic E-state index is 11.7. The minimum Gasteiger partial charge on any atom is -0.468 e. The molecular weight excluding hydrogens is 244 g/mol. The molecule has 5 heteroatoms. The highest BCUT2D eigenvalue weighted by atomic mass is 16.5. The summed E-state index contributed by atoms with van der Waals surface area (Å²) in [6.07, 6.45) is 2.90. The van der Waals surface area contributed by atoms with Gasteiger partial charge in [0.2, 0.25) is 0 Å². The van der Waals surface area contributed by atoms with Crippen molar-refractivity contribution < 1.29 is 14.3 Å². The van der Waals surface area contributed by atoms with Gasteiger partial charge in [-0.05, 0) is 25.8 Å². The van der Waals surface area contributed by atoms with Crippen molar-refractivity contribution in [2.24, 2.45) is 0 Å². The van der Waals surface area contributed by atoms with E-state index in [2.05, 4.69) is 24.1 Å². The first kappa shape index (κ1) is 16.4. The Balaban J connectivity index is 2.42. The fraction of sp³-hybridized carbons (Fsp3) is 0.929. The molecule has 0 bridgehead atoms. The van der Waals surface area contributed by atoms with E-state index in [0.717, 1.165) is 52.1 Å². The van der Waals surface area contributed by atoms with Crippen molar-refractivity contribution in [3.05, 3.63) is 0 Å². The molecule has 2 atom stereocenters. The van der Waals surface area contributed by atoms with Crippen LogP contribution in [0.1, 0.15) is 33.1 Å². The Morgan fingerprint density at radius 1 is 1.53 bits per heavy atom. The summed E-state index contributed by atoms with van der Waals surface area (Å²) < 4.78 is 10.4. The van der Waals surface area contributed by atoms with Gasteiger partial charge in [-0.3, -0.25) is 9.69 Å². The van der Waals surface area contributed by atoms with Crippen LogP contribution in [0.3, 0.4) is 0 Å². The van der Waals surface area contributed by atoms with Gasteiger partial charge in [-0.1, -0.05) is 13.8 Å². The Hall–Kier alpha value is -0.650. The number of ether oxygens (including phenoxy) is 2. The molecule has 5 nitrogen and oxygen atoms in total. The van der Waals surface area contributed by atoms with Crippen molar-refractivity contribution in [3.63, 3.8) is 0 Å². The van der Waals surface area contributed by atoms with E-state index in [9.17, 15) is 4.79 Å². The minimum atomic E-state index is -0.190. The predicted octanol–water partition coefficient (Wildman–Crippen LogP) is 1.03. The average Bonchev–Trinajstić information content (AvgIpc) is 2.47. The Labute approximate surface area is 116 Å². The number of carbonyl (C=O) groups is 1. The first-order chi connectivity index (χ1) is 9.22. The van der Waals surface area contributed by atoms with Crippen molar-refractivity contribution in [2.45, 2.75) is 45.2 Å². The lowest BCUT2D eigenvalue weighted by Crippen LogP contribution is -2.48. The lowest BCUT2D eigenvalue weighted by Gasteiger charge is -2.35. The van der Waals surface area contributed by atoms with Crippen molar-refractivity contribution in [1.82, 2.24) is 10.2 Å². The topological polar surface area (TPSA) is 50.8 Å². The van der Waals surface area contributed by atoms with Crippen LogP contribution in [0, 0.1) is 0 Å². The highest BCUT2D eigenvalue weighted by Crippen LogP contribution is 2.11. The zero-order valence-electron chi connectivity index (χ0n) is 12.5. The van der Waals surface area contributed by atoms with Crippen molar-refractivity contribution >= 4 is 5.97 Å². The molecule has 1 saturated heterocycles. The van der Waals surface area contributed by atoms with Gasteiger partial charge in [-0.25, -0.2) is 0 Å². The lowest BCUT2D eigenvalue weighted by atomic mass is 10.1. The Bertz CT molecular complexity index is 261. The van der Waals surface area contributed by atoms with Crippen LogP contribution in [0.4, 0.5) is 0 Å². The summed E-state index contributed by atoms with van der Waals surface area (Å²) in [5, 5.41) is 3.26. The minimum absolute atomic E-state index is 0.158. The van der Waals surface area contributed by atoms with Crippen LogP contribution in [0.2, 0.25) is 0 Å². The van der Waals surface area contributed by atoms with Crippen LogP contribution in [0.5, 0.6) is 0 Å². The first-order valence-electron chi connectivity index (χ1n) is 7.35. The van der Waals surface area contributed by atoms with Gasteiger partial charge in [0.1, 0.15) is 6.04 Å². The van der Waals surface area contributed by atoms with Crippen LogP contribution >= 0.6 is 0 Å². The Kier molecular flexibility index (Phi) is 8.02. The molecule has 112 valence electrons. The molecule has 0 saturated carbocycles. The van der Waals surface area contributed by atoms with E-state index >= 15 is 0 Å². The third kappa shape index (κ3) is 5.47. The van der Waals surface area contributed by atoms with Gasteiger partial charge >= 0.3 is 5.97 Å². The van der Waals surface area contributed by atoms with Gasteiger partial charge in [0.15, 0.2) is 0 Å². The smallest absolute Gasteiger partial charge is 0.322 e. The molecule has 1 N–H and O–H groups in total. The highest BCUT2D eigenvalue weighted by molar-refractivity contribution is 5.75. The average molecular weight is 272 g/mol. The molecule has 0 spiro atoms. The number of nitrogens with zero attached hydrogens (tertiary/aromatic N) is 1. The van der Waals surface area contributed by atoms with E-state index in [1.54, 1.807) is 0 Å². The molecule has 1 rings (SSSR count). The SMILES string of the molecule is CCCNC(CCN1CCOCC1CC)C(=O)OC. The molecule has 1 aliphatic heterocycles. The molecule has 0 aromatic heterocycles. The number of hydrogen-bond acceptors (Lipinski definition) is 5. The van der Waals surface area contributed by atoms with E-state index in [1.807, 2.05) is 0 Å². The van der Waals surface area contributed by atoms with E-state index in [4.69, 9.17) is 9.47 Å². The second-order valence-corrected chi connectivity index (χ2v) is 4.99. The van der Waals surface area contributed by atoms with Gasteiger partial charge in [0.05, 0.1) is 20.3 Å². The largest absolute Gasteiger partial charge is 0.468 e. The lowest BCUT2D eigenvalue weighted by molar-refractivity contribution is -0.143. The van der Waals surface area contributed by atoms with Gasteiger partial charge < -0.3 is 14.8 Å². The number of morpholine rings is 1. The molecular formula is C14H28N2O3. The summed E-state index contributed by atoms with van der Waals surface area (Å²) in [6.45, 7) is 8.60. The first-order valence-corrected chi connectivity index (χ1v) is 7.35. The number of rotatable bonds is 8. The molecule has 0 aromatic carbocycles. The molecule has 2 unspecified atom stereocenters. The number of hydrogen-bond donors (Lipinski definition) is 1. The zero-order chi connectivity index (χ0) is 14.1. The quantitative estimate of drug-likeness (QED) is 0.669. The highest BCUT2D eigenvalue weighted by Gasteiger charge is 2.24. The van der Waals surface area contributed by atoms with E-state index in [1.165, 1.54) is 7.11 Å². The van der Waals surface area contributed by atoms with Gasteiger partial charge in [0.25, 0.3) is 0 Å². The third-order valence-corrected chi connectivity index (χ3v) is 3.65. The number of nitrogens with one attached hydrogen (secondary N) is 1. The summed E-state index contributed by atoms with van der Waals surface area (Å²) in [5.74, 6) is -0.158. The molecule has 0 radical (unpaired) electrons. The Morgan fingerprint density at radius 2 is 2.32 bits per heavy atom. The maximum absolute atomic E-state index is 11.7. The second kappa shape index (κ2) is 9.28. The molecule has 1 fully saturated rings.